The Hall–Kier alpha value is -2.37. The van der Waals surface area contributed by atoms with Gasteiger partial charge in [0, 0.05) is 24.7 Å². The molecule has 1 saturated carbocycles. The zero-order valence-electron chi connectivity index (χ0n) is 16.7. The highest BCUT2D eigenvalue weighted by Crippen LogP contribution is 2.34. The molecule has 1 fully saturated rings. The number of benzene rings is 1. The van der Waals surface area contributed by atoms with Gasteiger partial charge in [-0.1, -0.05) is 40.0 Å². The van der Waals surface area contributed by atoms with E-state index in [0.717, 1.165) is 19.3 Å². The summed E-state index contributed by atoms with van der Waals surface area (Å²) >= 11 is 0. The van der Waals surface area contributed by atoms with Crippen LogP contribution in [0.15, 0.2) is 24.3 Å². The fraction of sp³-hybridized carbons (Fsp3) is 0.571. The van der Waals surface area contributed by atoms with Gasteiger partial charge in [0.15, 0.2) is 0 Å². The minimum absolute atomic E-state index is 0.0145. The van der Waals surface area contributed by atoms with Gasteiger partial charge in [-0.05, 0) is 42.5 Å². The van der Waals surface area contributed by atoms with Crippen molar-refractivity contribution in [2.75, 3.05) is 13.6 Å². The van der Waals surface area contributed by atoms with Gasteiger partial charge in [-0.2, -0.15) is 0 Å². The predicted octanol–water partition coefficient (Wildman–Crippen LogP) is 3.32. The molecule has 0 radical (unpaired) electrons. The molecule has 0 saturated heterocycles. The molecule has 1 aliphatic carbocycles. The van der Waals surface area contributed by atoms with Crippen molar-refractivity contribution >= 4 is 17.8 Å². The van der Waals surface area contributed by atoms with Gasteiger partial charge in [0.1, 0.15) is 5.54 Å². The average molecular weight is 374 g/mol. The maximum Gasteiger partial charge on any atom is 0.329 e. The standard InChI is InChI=1S/C21H30N2O4/c1-20(2,3)14-22-17(24)15-8-10-16(11-9-15)18(25)23(4)21(19(26)27)12-6-5-7-13-21/h8-11H,5-7,12-14H2,1-4H3,(H,22,24)(H,26,27). The quantitative estimate of drug-likeness (QED) is 0.828. The van der Waals surface area contributed by atoms with Gasteiger partial charge < -0.3 is 15.3 Å². The number of carbonyl (C=O) groups excluding carboxylic acids is 2. The molecular weight excluding hydrogens is 344 g/mol. The van der Waals surface area contributed by atoms with Crippen molar-refractivity contribution in [2.24, 2.45) is 5.41 Å². The van der Waals surface area contributed by atoms with Crippen molar-refractivity contribution in [1.82, 2.24) is 10.2 Å². The summed E-state index contributed by atoms with van der Waals surface area (Å²) in [6.45, 7) is 6.66. The topological polar surface area (TPSA) is 86.7 Å². The first kappa shape index (κ1) is 20.9. The lowest BCUT2D eigenvalue weighted by Crippen LogP contribution is -2.56. The van der Waals surface area contributed by atoms with E-state index in [1.807, 2.05) is 20.8 Å². The van der Waals surface area contributed by atoms with E-state index in [0.29, 0.717) is 30.5 Å². The van der Waals surface area contributed by atoms with Crippen LogP contribution in [0, 0.1) is 5.41 Å². The molecule has 1 aliphatic rings. The van der Waals surface area contributed by atoms with Crippen LogP contribution >= 0.6 is 0 Å². The molecule has 0 spiro atoms. The highest BCUT2D eigenvalue weighted by atomic mass is 16.4. The van der Waals surface area contributed by atoms with Gasteiger partial charge in [-0.25, -0.2) is 4.79 Å². The van der Waals surface area contributed by atoms with E-state index in [9.17, 15) is 19.5 Å². The summed E-state index contributed by atoms with van der Waals surface area (Å²) in [7, 11) is 1.56. The molecule has 1 aromatic carbocycles. The molecule has 2 rings (SSSR count). The minimum Gasteiger partial charge on any atom is -0.479 e. The van der Waals surface area contributed by atoms with Crippen LogP contribution in [0.2, 0.25) is 0 Å². The summed E-state index contributed by atoms with van der Waals surface area (Å²) < 4.78 is 0. The molecule has 0 unspecified atom stereocenters. The molecule has 0 aromatic heterocycles. The lowest BCUT2D eigenvalue weighted by molar-refractivity contribution is -0.151. The lowest BCUT2D eigenvalue weighted by Gasteiger charge is -2.41. The van der Waals surface area contributed by atoms with Crippen LogP contribution in [0.5, 0.6) is 0 Å². The van der Waals surface area contributed by atoms with Gasteiger partial charge in [-0.3, -0.25) is 9.59 Å². The molecule has 6 heteroatoms. The average Bonchev–Trinajstić information content (AvgIpc) is 2.64. The summed E-state index contributed by atoms with van der Waals surface area (Å²) in [6.07, 6.45) is 3.54. The third kappa shape index (κ3) is 4.87. The van der Waals surface area contributed by atoms with Crippen LogP contribution in [-0.4, -0.2) is 46.9 Å². The van der Waals surface area contributed by atoms with E-state index in [2.05, 4.69) is 5.32 Å². The molecule has 0 atom stereocenters. The molecular formula is C21H30N2O4. The van der Waals surface area contributed by atoms with Crippen LogP contribution in [0.3, 0.4) is 0 Å². The zero-order valence-corrected chi connectivity index (χ0v) is 16.7. The molecule has 6 nitrogen and oxygen atoms in total. The van der Waals surface area contributed by atoms with Crippen LogP contribution in [-0.2, 0) is 4.79 Å². The fourth-order valence-corrected chi connectivity index (χ4v) is 3.43. The number of hydrogen-bond donors (Lipinski definition) is 2. The molecule has 0 bridgehead atoms. The number of aliphatic carboxylic acids is 1. The molecule has 148 valence electrons. The Morgan fingerprint density at radius 1 is 1.04 bits per heavy atom. The Bertz CT molecular complexity index is 698. The van der Waals surface area contributed by atoms with Gasteiger partial charge in [-0.15, -0.1) is 0 Å². The van der Waals surface area contributed by atoms with E-state index in [4.69, 9.17) is 0 Å². The SMILES string of the molecule is CN(C(=O)c1ccc(C(=O)NCC(C)(C)C)cc1)C1(C(=O)O)CCCCC1. The number of nitrogens with one attached hydrogen (secondary N) is 1. The van der Waals surface area contributed by atoms with Gasteiger partial charge in [0.05, 0.1) is 0 Å². The Labute approximate surface area is 160 Å². The number of rotatable bonds is 5. The van der Waals surface area contributed by atoms with Crippen molar-refractivity contribution in [3.63, 3.8) is 0 Å². The number of likely N-dealkylation sites (N-methyl/N-ethyl adjacent to an activating group) is 1. The van der Waals surface area contributed by atoms with Crippen LogP contribution in [0.1, 0.15) is 73.6 Å². The van der Waals surface area contributed by atoms with Crippen molar-refractivity contribution in [2.45, 2.75) is 58.4 Å². The van der Waals surface area contributed by atoms with E-state index < -0.39 is 11.5 Å². The largest absolute Gasteiger partial charge is 0.479 e. The molecule has 0 heterocycles. The summed E-state index contributed by atoms with van der Waals surface area (Å²) in [5.41, 5.74) is -0.294. The van der Waals surface area contributed by atoms with Crippen molar-refractivity contribution < 1.29 is 19.5 Å². The Balaban J connectivity index is 2.12. The first-order chi connectivity index (χ1) is 12.6. The smallest absolute Gasteiger partial charge is 0.329 e. The summed E-state index contributed by atoms with van der Waals surface area (Å²) in [4.78, 5) is 38.3. The molecule has 2 N–H and O–H groups in total. The second kappa shape index (κ2) is 8.11. The normalized spacial score (nSPS) is 16.4. The first-order valence-corrected chi connectivity index (χ1v) is 9.47. The Morgan fingerprint density at radius 3 is 2.04 bits per heavy atom. The summed E-state index contributed by atoms with van der Waals surface area (Å²) in [5.74, 6) is -1.47. The van der Waals surface area contributed by atoms with E-state index in [1.54, 1.807) is 31.3 Å². The minimum atomic E-state index is -1.14. The third-order valence-corrected chi connectivity index (χ3v) is 5.20. The maximum absolute atomic E-state index is 12.9. The number of carboxylic acids is 1. The lowest BCUT2D eigenvalue weighted by atomic mass is 9.80. The second-order valence-corrected chi connectivity index (χ2v) is 8.58. The van der Waals surface area contributed by atoms with Crippen molar-refractivity contribution in [1.29, 1.82) is 0 Å². The summed E-state index contributed by atoms with van der Waals surface area (Å²) in [6, 6.07) is 6.38. The van der Waals surface area contributed by atoms with Gasteiger partial charge in [0.25, 0.3) is 11.8 Å². The van der Waals surface area contributed by atoms with Crippen molar-refractivity contribution in [3.8, 4) is 0 Å². The van der Waals surface area contributed by atoms with E-state index in [1.165, 1.54) is 4.90 Å². The van der Waals surface area contributed by atoms with Gasteiger partial charge >= 0.3 is 5.97 Å². The number of amides is 2. The molecule has 1 aromatic rings. The predicted molar refractivity (Wildman–Crippen MR) is 104 cm³/mol. The first-order valence-electron chi connectivity index (χ1n) is 9.47. The number of carbonyl (C=O) groups is 3. The zero-order chi connectivity index (χ0) is 20.2. The maximum atomic E-state index is 12.9. The van der Waals surface area contributed by atoms with E-state index >= 15 is 0 Å². The number of carboxylic acid groups (broad SMARTS) is 1. The van der Waals surface area contributed by atoms with Crippen LogP contribution in [0.25, 0.3) is 0 Å². The fourth-order valence-electron chi connectivity index (χ4n) is 3.43. The highest BCUT2D eigenvalue weighted by molar-refractivity contribution is 5.99. The molecule has 2 amide bonds. The second-order valence-electron chi connectivity index (χ2n) is 8.58. The Kier molecular flexibility index (Phi) is 6.29. The third-order valence-electron chi connectivity index (χ3n) is 5.20. The number of nitrogens with zero attached hydrogens (tertiary/aromatic N) is 1. The van der Waals surface area contributed by atoms with Crippen molar-refractivity contribution in [3.05, 3.63) is 35.4 Å². The highest BCUT2D eigenvalue weighted by Gasteiger charge is 2.45. The molecule has 27 heavy (non-hydrogen) atoms. The van der Waals surface area contributed by atoms with Gasteiger partial charge in [0.2, 0.25) is 0 Å². The summed E-state index contributed by atoms with van der Waals surface area (Å²) in [5, 5.41) is 12.6. The molecule has 0 aliphatic heterocycles. The van der Waals surface area contributed by atoms with Crippen LogP contribution < -0.4 is 5.32 Å². The Morgan fingerprint density at radius 2 is 1.56 bits per heavy atom. The number of hydrogen-bond acceptors (Lipinski definition) is 3. The van der Waals surface area contributed by atoms with Crippen LogP contribution in [0.4, 0.5) is 0 Å². The monoisotopic (exact) mass is 374 g/mol. The van der Waals surface area contributed by atoms with E-state index in [-0.39, 0.29) is 17.2 Å².